The summed E-state index contributed by atoms with van der Waals surface area (Å²) in [6, 6.07) is 8.35. The molecule has 0 amide bonds. The van der Waals surface area contributed by atoms with Crippen molar-refractivity contribution in [1.29, 1.82) is 0 Å². The Hall–Kier alpha value is -2.43. The molecule has 5 heteroatoms. The lowest BCUT2D eigenvalue weighted by atomic mass is 10.1. The second kappa shape index (κ2) is 5.69. The highest BCUT2D eigenvalue weighted by Crippen LogP contribution is 2.18. The zero-order chi connectivity index (χ0) is 14.7. The van der Waals surface area contributed by atoms with Crippen molar-refractivity contribution in [3.63, 3.8) is 0 Å². The lowest BCUT2D eigenvalue weighted by Crippen LogP contribution is -2.10. The Bertz CT molecular complexity index is 636. The molecule has 0 radical (unpaired) electrons. The first-order valence-electron chi connectivity index (χ1n) is 5.95. The van der Waals surface area contributed by atoms with Crippen LogP contribution in [0.1, 0.15) is 21.5 Å². The zero-order valence-electron chi connectivity index (χ0n) is 10.8. The molecule has 3 nitrogen and oxygen atoms in total. The number of nitrogen functional groups attached to an aromatic ring is 1. The molecule has 2 rings (SSSR count). The fourth-order valence-electron chi connectivity index (χ4n) is 1.73. The molecule has 0 saturated carbocycles. The van der Waals surface area contributed by atoms with Crippen LogP contribution in [0, 0.1) is 18.6 Å². The zero-order valence-corrected chi connectivity index (χ0v) is 10.8. The predicted molar refractivity (Wildman–Crippen MR) is 71.1 cm³/mol. The number of anilines is 1. The van der Waals surface area contributed by atoms with Gasteiger partial charge in [0.15, 0.2) is 0 Å². The Labute approximate surface area is 115 Å². The third kappa shape index (κ3) is 2.93. The normalized spacial score (nSPS) is 10.3. The SMILES string of the molecule is Cc1ccc(N)c(C(=O)OCc2c(F)cccc2F)c1. The Balaban J connectivity index is 2.15. The average molecular weight is 277 g/mol. The highest BCUT2D eigenvalue weighted by atomic mass is 19.1. The number of ether oxygens (including phenoxy) is 1. The number of halogens is 2. The molecular weight excluding hydrogens is 264 g/mol. The molecule has 0 aliphatic heterocycles. The van der Waals surface area contributed by atoms with E-state index in [0.717, 1.165) is 17.7 Å². The van der Waals surface area contributed by atoms with Gasteiger partial charge in [0, 0.05) is 5.69 Å². The smallest absolute Gasteiger partial charge is 0.340 e. The van der Waals surface area contributed by atoms with E-state index in [1.165, 1.54) is 6.07 Å². The first-order valence-corrected chi connectivity index (χ1v) is 5.95. The van der Waals surface area contributed by atoms with Crippen molar-refractivity contribution in [2.45, 2.75) is 13.5 Å². The Morgan fingerprint density at radius 2 is 1.85 bits per heavy atom. The van der Waals surface area contributed by atoms with Crippen LogP contribution in [0.25, 0.3) is 0 Å². The summed E-state index contributed by atoms with van der Waals surface area (Å²) in [4.78, 5) is 11.9. The number of rotatable bonds is 3. The van der Waals surface area contributed by atoms with Gasteiger partial charge in [-0.3, -0.25) is 0 Å². The minimum absolute atomic E-state index is 0.182. The summed E-state index contributed by atoms with van der Waals surface area (Å²) in [6.45, 7) is 1.32. The second-order valence-corrected chi connectivity index (χ2v) is 4.37. The summed E-state index contributed by atoms with van der Waals surface area (Å²) < 4.78 is 31.7. The van der Waals surface area contributed by atoms with E-state index >= 15 is 0 Å². The van der Waals surface area contributed by atoms with Gasteiger partial charge in [-0.2, -0.15) is 0 Å². The summed E-state index contributed by atoms with van der Waals surface area (Å²) in [5.74, 6) is -2.22. The summed E-state index contributed by atoms with van der Waals surface area (Å²) in [5.41, 5.74) is 6.66. The summed E-state index contributed by atoms with van der Waals surface area (Å²) >= 11 is 0. The molecule has 0 aliphatic rings. The minimum Gasteiger partial charge on any atom is -0.457 e. The van der Waals surface area contributed by atoms with Crippen molar-refractivity contribution < 1.29 is 18.3 Å². The highest BCUT2D eigenvalue weighted by Gasteiger charge is 2.15. The van der Waals surface area contributed by atoms with E-state index in [1.54, 1.807) is 25.1 Å². The van der Waals surface area contributed by atoms with Crippen LogP contribution < -0.4 is 5.73 Å². The number of nitrogens with two attached hydrogens (primary N) is 1. The molecule has 0 saturated heterocycles. The molecular formula is C15H13F2NO2. The lowest BCUT2D eigenvalue weighted by Gasteiger charge is -2.09. The molecule has 0 aromatic heterocycles. The molecule has 0 spiro atoms. The molecule has 0 fully saturated rings. The van der Waals surface area contributed by atoms with E-state index in [0.29, 0.717) is 0 Å². The summed E-state index contributed by atoms with van der Waals surface area (Å²) in [7, 11) is 0. The van der Waals surface area contributed by atoms with Gasteiger partial charge in [0.2, 0.25) is 0 Å². The molecule has 0 bridgehead atoms. The van der Waals surface area contributed by atoms with Crippen LogP contribution in [-0.2, 0) is 11.3 Å². The lowest BCUT2D eigenvalue weighted by molar-refractivity contribution is 0.0466. The standard InChI is InChI=1S/C15H13F2NO2/c1-9-5-6-14(18)10(7-9)15(19)20-8-11-12(16)3-2-4-13(11)17/h2-7H,8,18H2,1H3. The van der Waals surface area contributed by atoms with Gasteiger partial charge in [-0.15, -0.1) is 0 Å². The van der Waals surface area contributed by atoms with Gasteiger partial charge in [-0.05, 0) is 31.2 Å². The van der Waals surface area contributed by atoms with Gasteiger partial charge in [-0.25, -0.2) is 13.6 Å². The van der Waals surface area contributed by atoms with Crippen molar-refractivity contribution in [2.24, 2.45) is 0 Å². The molecule has 0 heterocycles. The van der Waals surface area contributed by atoms with E-state index in [-0.39, 0.29) is 16.8 Å². The van der Waals surface area contributed by atoms with Crippen LogP contribution in [0.2, 0.25) is 0 Å². The quantitative estimate of drug-likeness (QED) is 0.692. The highest BCUT2D eigenvalue weighted by molar-refractivity contribution is 5.95. The number of aryl methyl sites for hydroxylation is 1. The topological polar surface area (TPSA) is 52.3 Å². The molecule has 104 valence electrons. The van der Waals surface area contributed by atoms with Crippen LogP contribution >= 0.6 is 0 Å². The summed E-state index contributed by atoms with van der Waals surface area (Å²) in [6.07, 6.45) is 0. The van der Waals surface area contributed by atoms with Gasteiger partial charge >= 0.3 is 5.97 Å². The van der Waals surface area contributed by atoms with E-state index in [4.69, 9.17) is 10.5 Å². The van der Waals surface area contributed by atoms with Crippen molar-refractivity contribution in [2.75, 3.05) is 5.73 Å². The van der Waals surface area contributed by atoms with Crippen LogP contribution in [0.4, 0.5) is 14.5 Å². The number of hydrogen-bond acceptors (Lipinski definition) is 3. The maximum Gasteiger partial charge on any atom is 0.340 e. The Morgan fingerprint density at radius 3 is 2.50 bits per heavy atom. The monoisotopic (exact) mass is 277 g/mol. The molecule has 2 aromatic rings. The minimum atomic E-state index is -0.755. The van der Waals surface area contributed by atoms with Gasteiger partial charge in [-0.1, -0.05) is 17.7 Å². The molecule has 0 atom stereocenters. The number of esters is 1. The van der Waals surface area contributed by atoms with E-state index in [9.17, 15) is 13.6 Å². The fourth-order valence-corrected chi connectivity index (χ4v) is 1.73. The Morgan fingerprint density at radius 1 is 1.20 bits per heavy atom. The third-order valence-corrected chi connectivity index (χ3v) is 2.84. The largest absolute Gasteiger partial charge is 0.457 e. The third-order valence-electron chi connectivity index (χ3n) is 2.84. The van der Waals surface area contributed by atoms with Crippen molar-refractivity contribution in [3.8, 4) is 0 Å². The number of carbonyl (C=O) groups is 1. The molecule has 2 aromatic carbocycles. The van der Waals surface area contributed by atoms with Crippen molar-refractivity contribution in [1.82, 2.24) is 0 Å². The average Bonchev–Trinajstić information content (AvgIpc) is 2.40. The van der Waals surface area contributed by atoms with Gasteiger partial charge in [0.25, 0.3) is 0 Å². The first-order chi connectivity index (χ1) is 9.49. The Kier molecular flexibility index (Phi) is 3.98. The predicted octanol–water partition coefficient (Wildman–Crippen LogP) is 3.21. The van der Waals surface area contributed by atoms with Crippen LogP contribution in [-0.4, -0.2) is 5.97 Å². The van der Waals surface area contributed by atoms with Crippen LogP contribution in [0.15, 0.2) is 36.4 Å². The molecule has 0 unspecified atom stereocenters. The van der Waals surface area contributed by atoms with E-state index < -0.39 is 24.2 Å². The van der Waals surface area contributed by atoms with Crippen molar-refractivity contribution >= 4 is 11.7 Å². The van der Waals surface area contributed by atoms with E-state index in [2.05, 4.69) is 0 Å². The number of benzene rings is 2. The van der Waals surface area contributed by atoms with Crippen LogP contribution in [0.3, 0.4) is 0 Å². The first kappa shape index (κ1) is 14.0. The van der Waals surface area contributed by atoms with Crippen molar-refractivity contribution in [3.05, 3.63) is 64.7 Å². The number of hydrogen-bond donors (Lipinski definition) is 1. The van der Waals surface area contributed by atoms with E-state index in [1.807, 2.05) is 0 Å². The molecule has 20 heavy (non-hydrogen) atoms. The summed E-state index contributed by atoms with van der Waals surface area (Å²) in [5, 5.41) is 0. The number of carbonyl (C=O) groups excluding carboxylic acids is 1. The van der Waals surface area contributed by atoms with Gasteiger partial charge < -0.3 is 10.5 Å². The van der Waals surface area contributed by atoms with Gasteiger partial charge in [0.05, 0.1) is 11.1 Å². The maximum absolute atomic E-state index is 13.4. The second-order valence-electron chi connectivity index (χ2n) is 4.37. The fraction of sp³-hybridized carbons (Fsp3) is 0.133. The molecule has 2 N–H and O–H groups in total. The maximum atomic E-state index is 13.4. The van der Waals surface area contributed by atoms with Gasteiger partial charge in [0.1, 0.15) is 18.2 Å². The molecule has 0 aliphatic carbocycles. The van der Waals surface area contributed by atoms with Crippen LogP contribution in [0.5, 0.6) is 0 Å².